The molecule has 0 heterocycles. The van der Waals surface area contributed by atoms with Gasteiger partial charge in [0, 0.05) is 24.6 Å². The summed E-state index contributed by atoms with van der Waals surface area (Å²) in [7, 11) is 0. The van der Waals surface area contributed by atoms with Gasteiger partial charge in [-0.15, -0.1) is 0 Å². The van der Waals surface area contributed by atoms with Crippen LogP contribution in [0.2, 0.25) is 0 Å². The second-order valence-electron chi connectivity index (χ2n) is 6.36. The SMILES string of the molecule is CCC(=O)c1ccc(OC[C@@H](O)CNC2CCCCCC2)cc1. The van der Waals surface area contributed by atoms with Crippen molar-refractivity contribution in [2.75, 3.05) is 13.2 Å². The zero-order chi connectivity index (χ0) is 16.5. The molecular formula is C19H29NO3. The fraction of sp³-hybridized carbons (Fsp3) is 0.632. The fourth-order valence-corrected chi connectivity index (χ4v) is 2.98. The number of Topliss-reactive ketones (excluding diaryl/α,β-unsaturated/α-hetero) is 1. The average Bonchev–Trinajstić information content (AvgIpc) is 2.86. The lowest BCUT2D eigenvalue weighted by atomic mass is 10.1. The van der Waals surface area contributed by atoms with Gasteiger partial charge in [-0.3, -0.25) is 4.79 Å². The van der Waals surface area contributed by atoms with Crippen LogP contribution in [-0.2, 0) is 0 Å². The summed E-state index contributed by atoms with van der Waals surface area (Å²) in [6.07, 6.45) is 7.64. The third kappa shape index (κ3) is 6.32. The lowest BCUT2D eigenvalue weighted by Gasteiger charge is -2.19. The van der Waals surface area contributed by atoms with Crippen LogP contribution in [0, 0.1) is 0 Å². The van der Waals surface area contributed by atoms with Crippen molar-refractivity contribution in [1.29, 1.82) is 0 Å². The summed E-state index contributed by atoms with van der Waals surface area (Å²) in [6, 6.07) is 7.66. The minimum Gasteiger partial charge on any atom is -0.491 e. The molecule has 0 radical (unpaired) electrons. The third-order valence-electron chi connectivity index (χ3n) is 4.44. The molecule has 0 aromatic heterocycles. The van der Waals surface area contributed by atoms with Gasteiger partial charge in [-0.25, -0.2) is 0 Å². The van der Waals surface area contributed by atoms with Crippen LogP contribution in [0.3, 0.4) is 0 Å². The third-order valence-corrected chi connectivity index (χ3v) is 4.44. The second-order valence-corrected chi connectivity index (χ2v) is 6.36. The first-order valence-electron chi connectivity index (χ1n) is 8.86. The molecule has 1 atom stereocenters. The van der Waals surface area contributed by atoms with E-state index in [-0.39, 0.29) is 12.4 Å². The number of carbonyl (C=O) groups excluding carboxylic acids is 1. The van der Waals surface area contributed by atoms with Crippen LogP contribution in [0.4, 0.5) is 0 Å². The highest BCUT2D eigenvalue weighted by molar-refractivity contribution is 5.95. The Morgan fingerprint density at radius 2 is 1.87 bits per heavy atom. The molecule has 2 N–H and O–H groups in total. The van der Waals surface area contributed by atoms with E-state index >= 15 is 0 Å². The summed E-state index contributed by atoms with van der Waals surface area (Å²) in [5, 5.41) is 13.5. The van der Waals surface area contributed by atoms with Crippen LogP contribution < -0.4 is 10.1 Å². The molecule has 1 aliphatic carbocycles. The van der Waals surface area contributed by atoms with E-state index in [9.17, 15) is 9.90 Å². The van der Waals surface area contributed by atoms with Gasteiger partial charge in [0.1, 0.15) is 18.5 Å². The summed E-state index contributed by atoms with van der Waals surface area (Å²) >= 11 is 0. The van der Waals surface area contributed by atoms with E-state index in [0.29, 0.717) is 30.3 Å². The molecule has 128 valence electrons. The number of rotatable bonds is 8. The number of aliphatic hydroxyl groups is 1. The van der Waals surface area contributed by atoms with Crippen LogP contribution in [0.5, 0.6) is 5.75 Å². The second kappa shape index (κ2) is 9.68. The molecular weight excluding hydrogens is 290 g/mol. The van der Waals surface area contributed by atoms with E-state index in [1.54, 1.807) is 24.3 Å². The number of carbonyl (C=O) groups is 1. The normalized spacial score (nSPS) is 17.5. The maximum Gasteiger partial charge on any atom is 0.162 e. The van der Waals surface area contributed by atoms with E-state index in [0.717, 1.165) is 0 Å². The van der Waals surface area contributed by atoms with Crippen LogP contribution >= 0.6 is 0 Å². The van der Waals surface area contributed by atoms with E-state index < -0.39 is 6.10 Å². The predicted octanol–water partition coefficient (Wildman–Crippen LogP) is 3.33. The zero-order valence-electron chi connectivity index (χ0n) is 14.1. The van der Waals surface area contributed by atoms with E-state index in [1.165, 1.54) is 38.5 Å². The summed E-state index contributed by atoms with van der Waals surface area (Å²) in [6.45, 7) is 2.68. The van der Waals surface area contributed by atoms with E-state index in [1.807, 2.05) is 6.92 Å². The molecule has 0 aliphatic heterocycles. The van der Waals surface area contributed by atoms with Crippen molar-refractivity contribution in [3.63, 3.8) is 0 Å². The van der Waals surface area contributed by atoms with Gasteiger partial charge in [0.05, 0.1) is 0 Å². The number of aliphatic hydroxyl groups excluding tert-OH is 1. The van der Waals surface area contributed by atoms with Crippen molar-refractivity contribution in [2.24, 2.45) is 0 Å². The molecule has 1 aromatic carbocycles. The molecule has 1 aromatic rings. The number of ketones is 1. The van der Waals surface area contributed by atoms with Gasteiger partial charge in [0.2, 0.25) is 0 Å². The van der Waals surface area contributed by atoms with Crippen molar-refractivity contribution in [3.05, 3.63) is 29.8 Å². The average molecular weight is 319 g/mol. The molecule has 1 aliphatic rings. The first-order chi connectivity index (χ1) is 11.2. The lowest BCUT2D eigenvalue weighted by Crippen LogP contribution is -2.37. The van der Waals surface area contributed by atoms with E-state index in [4.69, 9.17) is 4.74 Å². The number of benzene rings is 1. The maximum absolute atomic E-state index is 11.6. The first-order valence-corrected chi connectivity index (χ1v) is 8.86. The number of nitrogens with one attached hydrogen (secondary N) is 1. The monoisotopic (exact) mass is 319 g/mol. The zero-order valence-corrected chi connectivity index (χ0v) is 14.1. The van der Waals surface area contributed by atoms with Gasteiger partial charge < -0.3 is 15.2 Å². The Labute approximate surface area is 139 Å². The van der Waals surface area contributed by atoms with Crippen molar-refractivity contribution in [1.82, 2.24) is 5.32 Å². The first kappa shape index (κ1) is 18.0. The molecule has 2 rings (SSSR count). The van der Waals surface area contributed by atoms with Crippen LogP contribution in [0.1, 0.15) is 62.2 Å². The van der Waals surface area contributed by atoms with Gasteiger partial charge in [-0.2, -0.15) is 0 Å². The van der Waals surface area contributed by atoms with Crippen LogP contribution in [-0.4, -0.2) is 36.2 Å². The van der Waals surface area contributed by atoms with Gasteiger partial charge in [0.15, 0.2) is 5.78 Å². The van der Waals surface area contributed by atoms with Gasteiger partial charge >= 0.3 is 0 Å². The van der Waals surface area contributed by atoms with Crippen molar-refractivity contribution in [3.8, 4) is 5.75 Å². The number of hydrogen-bond acceptors (Lipinski definition) is 4. The quantitative estimate of drug-likeness (QED) is 0.570. The number of ether oxygens (including phenoxy) is 1. The summed E-state index contributed by atoms with van der Waals surface area (Å²) in [5.74, 6) is 0.815. The standard InChI is InChI=1S/C19H29NO3/c1-2-19(22)15-9-11-18(12-10-15)23-14-17(21)13-20-16-7-5-3-4-6-8-16/h9-12,16-17,20-21H,2-8,13-14H2,1H3/t17-/m0/s1. The van der Waals surface area contributed by atoms with Gasteiger partial charge in [0.25, 0.3) is 0 Å². The number of hydrogen-bond donors (Lipinski definition) is 2. The minimum atomic E-state index is -0.518. The highest BCUT2D eigenvalue weighted by Crippen LogP contribution is 2.17. The van der Waals surface area contributed by atoms with Gasteiger partial charge in [-0.05, 0) is 37.1 Å². The molecule has 0 bridgehead atoms. The lowest BCUT2D eigenvalue weighted by molar-refractivity contribution is 0.0985. The summed E-state index contributed by atoms with van der Waals surface area (Å²) < 4.78 is 5.60. The summed E-state index contributed by atoms with van der Waals surface area (Å²) in [4.78, 5) is 11.6. The van der Waals surface area contributed by atoms with Crippen molar-refractivity contribution >= 4 is 5.78 Å². The molecule has 4 nitrogen and oxygen atoms in total. The molecule has 23 heavy (non-hydrogen) atoms. The Kier molecular flexibility index (Phi) is 7.56. The molecule has 0 amide bonds. The minimum absolute atomic E-state index is 0.129. The van der Waals surface area contributed by atoms with Crippen molar-refractivity contribution in [2.45, 2.75) is 64.0 Å². The molecule has 0 spiro atoms. The van der Waals surface area contributed by atoms with Gasteiger partial charge in [-0.1, -0.05) is 32.6 Å². The Morgan fingerprint density at radius 3 is 2.48 bits per heavy atom. The fourth-order valence-electron chi connectivity index (χ4n) is 2.98. The summed E-state index contributed by atoms with van der Waals surface area (Å²) in [5.41, 5.74) is 0.704. The molecule has 1 saturated carbocycles. The predicted molar refractivity (Wildman–Crippen MR) is 92.1 cm³/mol. The highest BCUT2D eigenvalue weighted by atomic mass is 16.5. The Morgan fingerprint density at radius 1 is 1.22 bits per heavy atom. The maximum atomic E-state index is 11.6. The molecule has 0 saturated heterocycles. The smallest absolute Gasteiger partial charge is 0.162 e. The van der Waals surface area contributed by atoms with E-state index in [2.05, 4.69) is 5.32 Å². The van der Waals surface area contributed by atoms with Crippen LogP contribution in [0.25, 0.3) is 0 Å². The largest absolute Gasteiger partial charge is 0.491 e. The van der Waals surface area contributed by atoms with Crippen molar-refractivity contribution < 1.29 is 14.6 Å². The molecule has 1 fully saturated rings. The Balaban J connectivity index is 1.69. The Bertz CT molecular complexity index is 464. The Hall–Kier alpha value is -1.39. The molecule has 0 unspecified atom stereocenters. The van der Waals surface area contributed by atoms with Crippen LogP contribution in [0.15, 0.2) is 24.3 Å². The molecule has 4 heteroatoms. The highest BCUT2D eigenvalue weighted by Gasteiger charge is 2.13. The topological polar surface area (TPSA) is 58.6 Å².